The van der Waals surface area contributed by atoms with Crippen molar-refractivity contribution in [1.82, 2.24) is 4.72 Å². The summed E-state index contributed by atoms with van der Waals surface area (Å²) in [6, 6.07) is 8.66. The Balaban J connectivity index is 1.75. The highest BCUT2D eigenvalue weighted by atomic mass is 32.2. The number of nitrogens with one attached hydrogen (secondary N) is 1. The number of rotatable bonds is 3. The average molecular weight is 281 g/mol. The molecule has 1 atom stereocenters. The molecule has 4 nitrogen and oxygen atoms in total. The molecule has 104 valence electrons. The highest BCUT2D eigenvalue weighted by Gasteiger charge is 2.48. The van der Waals surface area contributed by atoms with Crippen molar-refractivity contribution in [2.45, 2.75) is 36.6 Å². The fourth-order valence-electron chi connectivity index (χ4n) is 3.11. The number of hydrogen-bond donors (Lipinski definition) is 1. The molecule has 1 N–H and O–H groups in total. The van der Waals surface area contributed by atoms with E-state index < -0.39 is 10.0 Å². The monoisotopic (exact) mass is 281 g/mol. The van der Waals surface area contributed by atoms with E-state index >= 15 is 0 Å². The van der Waals surface area contributed by atoms with Gasteiger partial charge in [-0.2, -0.15) is 0 Å². The summed E-state index contributed by atoms with van der Waals surface area (Å²) in [4.78, 5) is 0.351. The van der Waals surface area contributed by atoms with Crippen LogP contribution in [0.3, 0.4) is 0 Å². The standard InChI is InChI=1S/C14H19NO3S/c16-19(17,12-4-2-1-3-5-12)15-13-6-7-14(13)8-10-18-11-9-14/h1-5,13,15H,6-11H2. The SMILES string of the molecule is O=S(=O)(NC1CCC12CCOCC2)c1ccccc1. The van der Waals surface area contributed by atoms with E-state index in [1.165, 1.54) is 0 Å². The summed E-state index contributed by atoms with van der Waals surface area (Å²) in [6.07, 6.45) is 3.98. The van der Waals surface area contributed by atoms with Gasteiger partial charge in [-0.25, -0.2) is 13.1 Å². The Morgan fingerprint density at radius 3 is 2.37 bits per heavy atom. The van der Waals surface area contributed by atoms with Gasteiger partial charge in [0.2, 0.25) is 10.0 Å². The topological polar surface area (TPSA) is 55.4 Å². The summed E-state index contributed by atoms with van der Waals surface area (Å²) < 4.78 is 32.9. The largest absolute Gasteiger partial charge is 0.381 e. The highest BCUT2D eigenvalue weighted by Crippen LogP contribution is 2.49. The highest BCUT2D eigenvalue weighted by molar-refractivity contribution is 7.89. The van der Waals surface area contributed by atoms with E-state index in [-0.39, 0.29) is 11.5 Å². The first-order chi connectivity index (χ1) is 9.12. The second-order valence-corrected chi connectivity index (χ2v) is 7.21. The summed E-state index contributed by atoms with van der Waals surface area (Å²) in [5.41, 5.74) is 0.139. The first kappa shape index (κ1) is 13.1. The lowest BCUT2D eigenvalue weighted by molar-refractivity contribution is -0.0483. The molecule has 1 heterocycles. The van der Waals surface area contributed by atoms with Gasteiger partial charge in [0.15, 0.2) is 0 Å². The third-order valence-corrected chi connectivity index (χ3v) is 6.00. The molecule has 2 aliphatic rings. The van der Waals surface area contributed by atoms with Crippen molar-refractivity contribution in [1.29, 1.82) is 0 Å². The van der Waals surface area contributed by atoms with Gasteiger partial charge in [-0.15, -0.1) is 0 Å². The number of sulfonamides is 1. The third-order valence-electron chi connectivity index (χ3n) is 4.51. The molecule has 0 amide bonds. The van der Waals surface area contributed by atoms with Crippen molar-refractivity contribution in [3.8, 4) is 0 Å². The molecule has 1 unspecified atom stereocenters. The van der Waals surface area contributed by atoms with Gasteiger partial charge in [-0.1, -0.05) is 18.2 Å². The fourth-order valence-corrected chi connectivity index (χ4v) is 4.51. The zero-order valence-electron chi connectivity index (χ0n) is 10.8. The van der Waals surface area contributed by atoms with Crippen molar-refractivity contribution in [2.24, 2.45) is 5.41 Å². The van der Waals surface area contributed by atoms with Gasteiger partial charge in [-0.3, -0.25) is 0 Å². The lowest BCUT2D eigenvalue weighted by Crippen LogP contribution is -2.57. The van der Waals surface area contributed by atoms with Gasteiger partial charge < -0.3 is 4.74 Å². The summed E-state index contributed by atoms with van der Waals surface area (Å²) >= 11 is 0. The molecule has 1 aliphatic carbocycles. The Kier molecular flexibility index (Phi) is 3.37. The number of benzene rings is 1. The maximum Gasteiger partial charge on any atom is 0.240 e. The predicted molar refractivity (Wildman–Crippen MR) is 72.3 cm³/mol. The molecule has 1 spiro atoms. The van der Waals surface area contributed by atoms with E-state index in [4.69, 9.17) is 4.74 Å². The molecule has 0 bridgehead atoms. The van der Waals surface area contributed by atoms with Crippen molar-refractivity contribution in [2.75, 3.05) is 13.2 Å². The van der Waals surface area contributed by atoms with Crippen LogP contribution >= 0.6 is 0 Å². The molecule has 2 fully saturated rings. The van der Waals surface area contributed by atoms with E-state index in [0.717, 1.165) is 38.9 Å². The van der Waals surface area contributed by atoms with E-state index in [2.05, 4.69) is 4.72 Å². The summed E-state index contributed by atoms with van der Waals surface area (Å²) in [5, 5.41) is 0. The molecule has 1 aromatic carbocycles. The summed E-state index contributed by atoms with van der Waals surface area (Å²) in [5.74, 6) is 0. The maximum absolute atomic E-state index is 12.3. The van der Waals surface area contributed by atoms with Gasteiger partial charge in [0.05, 0.1) is 4.90 Å². The molecule has 5 heteroatoms. The lowest BCUT2D eigenvalue weighted by atomic mass is 9.60. The molecular formula is C14H19NO3S. The van der Waals surface area contributed by atoms with Crippen LogP contribution < -0.4 is 4.72 Å². The second kappa shape index (κ2) is 4.89. The Morgan fingerprint density at radius 1 is 1.11 bits per heavy atom. The summed E-state index contributed by atoms with van der Waals surface area (Å²) in [6.45, 7) is 1.51. The molecule has 1 saturated heterocycles. The smallest absolute Gasteiger partial charge is 0.240 e. The van der Waals surface area contributed by atoms with Crippen LogP contribution in [0.4, 0.5) is 0 Å². The van der Waals surface area contributed by atoms with Gasteiger partial charge in [0.25, 0.3) is 0 Å². The van der Waals surface area contributed by atoms with Crippen LogP contribution in [0.5, 0.6) is 0 Å². The van der Waals surface area contributed by atoms with Crippen LogP contribution in [-0.4, -0.2) is 27.7 Å². The molecule has 1 aromatic rings. The van der Waals surface area contributed by atoms with Gasteiger partial charge in [0.1, 0.15) is 0 Å². The summed E-state index contributed by atoms with van der Waals surface area (Å²) in [7, 11) is -3.39. The Labute approximate surface area is 114 Å². The normalized spacial score (nSPS) is 26.0. The first-order valence-electron chi connectivity index (χ1n) is 6.78. The van der Waals surface area contributed by atoms with Crippen molar-refractivity contribution >= 4 is 10.0 Å². The number of ether oxygens (including phenoxy) is 1. The van der Waals surface area contributed by atoms with Crippen molar-refractivity contribution < 1.29 is 13.2 Å². The molecule has 1 aliphatic heterocycles. The van der Waals surface area contributed by atoms with E-state index in [9.17, 15) is 8.42 Å². The van der Waals surface area contributed by atoms with Crippen LogP contribution in [0.25, 0.3) is 0 Å². The van der Waals surface area contributed by atoms with E-state index in [1.54, 1.807) is 24.3 Å². The van der Waals surface area contributed by atoms with E-state index in [0.29, 0.717) is 4.90 Å². The van der Waals surface area contributed by atoms with Gasteiger partial charge >= 0.3 is 0 Å². The van der Waals surface area contributed by atoms with Crippen molar-refractivity contribution in [3.63, 3.8) is 0 Å². The maximum atomic E-state index is 12.3. The van der Waals surface area contributed by atoms with E-state index in [1.807, 2.05) is 6.07 Å². The molecule has 0 radical (unpaired) electrons. The number of hydrogen-bond acceptors (Lipinski definition) is 3. The predicted octanol–water partition coefficient (Wildman–Crippen LogP) is 1.92. The van der Waals surface area contributed by atoms with Gasteiger partial charge in [-0.05, 0) is 43.2 Å². The molecule has 1 saturated carbocycles. The van der Waals surface area contributed by atoms with Crippen LogP contribution in [0, 0.1) is 5.41 Å². The van der Waals surface area contributed by atoms with Crippen LogP contribution in [0.15, 0.2) is 35.2 Å². The minimum Gasteiger partial charge on any atom is -0.381 e. The molecule has 0 aromatic heterocycles. The van der Waals surface area contributed by atoms with Crippen molar-refractivity contribution in [3.05, 3.63) is 30.3 Å². The fraction of sp³-hybridized carbons (Fsp3) is 0.571. The molecule has 3 rings (SSSR count). The second-order valence-electron chi connectivity index (χ2n) is 5.50. The first-order valence-corrected chi connectivity index (χ1v) is 8.26. The van der Waals surface area contributed by atoms with Crippen LogP contribution in [0.1, 0.15) is 25.7 Å². The molecular weight excluding hydrogens is 262 g/mol. The van der Waals surface area contributed by atoms with Crippen LogP contribution in [0.2, 0.25) is 0 Å². The minimum absolute atomic E-state index is 0.0709. The third kappa shape index (κ3) is 2.42. The Morgan fingerprint density at radius 2 is 1.79 bits per heavy atom. The average Bonchev–Trinajstić information content (AvgIpc) is 2.46. The minimum atomic E-state index is -3.39. The zero-order chi connectivity index (χ0) is 13.3. The zero-order valence-corrected chi connectivity index (χ0v) is 11.7. The Hall–Kier alpha value is -0.910. The Bertz CT molecular complexity index is 535. The lowest BCUT2D eigenvalue weighted by Gasteiger charge is -2.51. The van der Waals surface area contributed by atoms with Crippen LogP contribution in [-0.2, 0) is 14.8 Å². The quantitative estimate of drug-likeness (QED) is 0.921. The molecule has 19 heavy (non-hydrogen) atoms. The van der Waals surface area contributed by atoms with Gasteiger partial charge in [0, 0.05) is 19.3 Å².